The maximum absolute atomic E-state index is 11.0. The summed E-state index contributed by atoms with van der Waals surface area (Å²) in [5.74, 6) is -0.520. The quantitative estimate of drug-likeness (QED) is 0.479. The third kappa shape index (κ3) is 2.20. The number of rotatable bonds is 1. The Hall–Kier alpha value is -1.10. The zero-order valence-corrected chi connectivity index (χ0v) is 6.92. The van der Waals surface area contributed by atoms with Crippen molar-refractivity contribution in [3.63, 3.8) is 0 Å². The van der Waals surface area contributed by atoms with Gasteiger partial charge in [-0.15, -0.1) is 0 Å². The van der Waals surface area contributed by atoms with Crippen molar-refractivity contribution in [2.75, 3.05) is 20.2 Å². The van der Waals surface area contributed by atoms with Crippen molar-refractivity contribution < 1.29 is 14.3 Å². The molecule has 0 bridgehead atoms. The van der Waals surface area contributed by atoms with Crippen LogP contribution in [0.25, 0.3) is 0 Å². The van der Waals surface area contributed by atoms with Gasteiger partial charge in [-0.1, -0.05) is 0 Å². The van der Waals surface area contributed by atoms with Gasteiger partial charge in [-0.25, -0.2) is 4.79 Å². The highest BCUT2D eigenvalue weighted by Gasteiger charge is 2.22. The Bertz CT molecular complexity index is 193. The molecule has 0 aromatic rings. The van der Waals surface area contributed by atoms with Crippen LogP contribution in [0.2, 0.25) is 0 Å². The number of ether oxygens (including phenoxy) is 1. The van der Waals surface area contributed by atoms with E-state index in [1.54, 1.807) is 0 Å². The Balaban J connectivity index is 2.51. The lowest BCUT2D eigenvalue weighted by atomic mass is 10.3. The minimum Gasteiger partial charge on any atom is -0.467 e. The van der Waals surface area contributed by atoms with E-state index in [1.807, 2.05) is 0 Å². The summed E-state index contributed by atoms with van der Waals surface area (Å²) in [6.45, 7) is 1.05. The molecular weight excluding hydrogens is 160 g/mol. The number of hydrogen-bond acceptors (Lipinski definition) is 4. The third-order valence-electron chi connectivity index (χ3n) is 1.70. The van der Waals surface area contributed by atoms with Crippen molar-refractivity contribution >= 4 is 11.9 Å². The average Bonchev–Trinajstić information content (AvgIpc) is 2.28. The predicted molar refractivity (Wildman–Crippen MR) is 41.4 cm³/mol. The van der Waals surface area contributed by atoms with Crippen LogP contribution < -0.4 is 10.6 Å². The molecule has 0 saturated carbocycles. The van der Waals surface area contributed by atoms with Crippen LogP contribution in [0.15, 0.2) is 0 Å². The van der Waals surface area contributed by atoms with Gasteiger partial charge >= 0.3 is 5.97 Å². The molecule has 2 N–H and O–H groups in total. The maximum Gasteiger partial charge on any atom is 0.329 e. The predicted octanol–water partition coefficient (Wildman–Crippen LogP) is -1.36. The molecule has 12 heavy (non-hydrogen) atoms. The first-order chi connectivity index (χ1) is 5.74. The van der Waals surface area contributed by atoms with Gasteiger partial charge in [0.1, 0.15) is 6.04 Å². The molecule has 1 heterocycles. The summed E-state index contributed by atoms with van der Waals surface area (Å²) in [6, 6.07) is -0.537. The van der Waals surface area contributed by atoms with E-state index in [-0.39, 0.29) is 5.91 Å². The summed E-state index contributed by atoms with van der Waals surface area (Å²) >= 11 is 0. The summed E-state index contributed by atoms with van der Waals surface area (Å²) in [5, 5.41) is 5.51. The van der Waals surface area contributed by atoms with E-state index < -0.39 is 12.0 Å². The Morgan fingerprint density at radius 3 is 3.08 bits per heavy atom. The normalized spacial score (nSPS) is 24.1. The van der Waals surface area contributed by atoms with E-state index >= 15 is 0 Å². The van der Waals surface area contributed by atoms with Gasteiger partial charge in [0.2, 0.25) is 5.91 Å². The molecule has 1 saturated heterocycles. The van der Waals surface area contributed by atoms with Gasteiger partial charge in [-0.3, -0.25) is 4.79 Å². The lowest BCUT2D eigenvalue weighted by Gasteiger charge is -2.12. The second kappa shape index (κ2) is 4.06. The number of carbonyl (C=O) groups excluding carboxylic acids is 2. The van der Waals surface area contributed by atoms with Crippen LogP contribution in [-0.2, 0) is 14.3 Å². The van der Waals surface area contributed by atoms with E-state index in [4.69, 9.17) is 0 Å². The topological polar surface area (TPSA) is 67.4 Å². The van der Waals surface area contributed by atoms with Crippen LogP contribution in [0.4, 0.5) is 0 Å². The molecule has 1 rings (SSSR count). The van der Waals surface area contributed by atoms with Gasteiger partial charge in [-0.05, 0) is 0 Å². The smallest absolute Gasteiger partial charge is 0.329 e. The number of carbonyl (C=O) groups is 2. The highest BCUT2D eigenvalue weighted by atomic mass is 16.5. The molecule has 1 aliphatic heterocycles. The van der Waals surface area contributed by atoms with Crippen LogP contribution in [0.5, 0.6) is 0 Å². The van der Waals surface area contributed by atoms with Gasteiger partial charge in [-0.2, -0.15) is 0 Å². The van der Waals surface area contributed by atoms with E-state index in [0.29, 0.717) is 19.5 Å². The van der Waals surface area contributed by atoms with Crippen molar-refractivity contribution in [1.29, 1.82) is 0 Å². The van der Waals surface area contributed by atoms with E-state index in [0.717, 1.165) is 0 Å². The zero-order chi connectivity index (χ0) is 8.97. The van der Waals surface area contributed by atoms with Crippen LogP contribution in [-0.4, -0.2) is 38.1 Å². The second-order valence-corrected chi connectivity index (χ2v) is 2.60. The summed E-state index contributed by atoms with van der Waals surface area (Å²) in [6.07, 6.45) is 0.410. The number of esters is 1. The maximum atomic E-state index is 11.0. The van der Waals surface area contributed by atoms with Crippen molar-refractivity contribution in [3.8, 4) is 0 Å². The monoisotopic (exact) mass is 172 g/mol. The van der Waals surface area contributed by atoms with Gasteiger partial charge in [0.25, 0.3) is 0 Å². The van der Waals surface area contributed by atoms with E-state index in [1.165, 1.54) is 7.11 Å². The Morgan fingerprint density at radius 1 is 1.67 bits per heavy atom. The number of methoxy groups -OCH3 is 1. The van der Waals surface area contributed by atoms with Crippen LogP contribution in [0, 0.1) is 0 Å². The first-order valence-corrected chi connectivity index (χ1v) is 3.82. The molecule has 0 aromatic carbocycles. The van der Waals surface area contributed by atoms with Crippen LogP contribution in [0.3, 0.4) is 0 Å². The molecule has 1 aliphatic rings. The number of amides is 1. The molecule has 0 spiro atoms. The summed E-state index contributed by atoms with van der Waals surface area (Å²) < 4.78 is 4.50. The highest BCUT2D eigenvalue weighted by Crippen LogP contribution is 1.92. The highest BCUT2D eigenvalue weighted by molar-refractivity contribution is 5.85. The molecule has 0 aliphatic carbocycles. The van der Waals surface area contributed by atoms with Crippen LogP contribution in [0.1, 0.15) is 6.42 Å². The van der Waals surface area contributed by atoms with Gasteiger partial charge in [0.15, 0.2) is 0 Å². The van der Waals surface area contributed by atoms with Crippen LogP contribution >= 0.6 is 0 Å². The molecule has 1 fully saturated rings. The lowest BCUT2D eigenvalue weighted by Crippen LogP contribution is -2.44. The molecule has 1 unspecified atom stereocenters. The Labute approximate surface area is 70.5 Å². The van der Waals surface area contributed by atoms with E-state index in [9.17, 15) is 9.59 Å². The fourth-order valence-corrected chi connectivity index (χ4v) is 1.05. The molecular formula is C7H12N2O3. The van der Waals surface area contributed by atoms with Gasteiger partial charge in [0, 0.05) is 19.5 Å². The minimum atomic E-state index is -0.537. The molecule has 5 nitrogen and oxygen atoms in total. The largest absolute Gasteiger partial charge is 0.467 e. The van der Waals surface area contributed by atoms with Crippen molar-refractivity contribution in [3.05, 3.63) is 0 Å². The number of hydrogen-bond donors (Lipinski definition) is 2. The fraction of sp³-hybridized carbons (Fsp3) is 0.714. The van der Waals surface area contributed by atoms with Crippen molar-refractivity contribution in [2.24, 2.45) is 0 Å². The summed E-state index contributed by atoms with van der Waals surface area (Å²) in [4.78, 5) is 21.9. The zero-order valence-electron chi connectivity index (χ0n) is 6.92. The Morgan fingerprint density at radius 2 is 2.42 bits per heavy atom. The summed E-state index contributed by atoms with van der Waals surface area (Å²) in [5.41, 5.74) is 0. The third-order valence-corrected chi connectivity index (χ3v) is 1.70. The van der Waals surface area contributed by atoms with Crippen molar-refractivity contribution in [1.82, 2.24) is 10.6 Å². The molecule has 0 aromatic heterocycles. The van der Waals surface area contributed by atoms with E-state index in [2.05, 4.69) is 15.4 Å². The molecule has 5 heteroatoms. The summed E-state index contributed by atoms with van der Waals surface area (Å²) in [7, 11) is 1.30. The van der Waals surface area contributed by atoms with Crippen molar-refractivity contribution in [2.45, 2.75) is 12.5 Å². The minimum absolute atomic E-state index is 0.115. The first-order valence-electron chi connectivity index (χ1n) is 3.82. The molecule has 0 radical (unpaired) electrons. The lowest BCUT2D eigenvalue weighted by molar-refractivity contribution is -0.144. The average molecular weight is 172 g/mol. The molecule has 1 atom stereocenters. The Kier molecular flexibility index (Phi) is 3.04. The number of nitrogens with one attached hydrogen (secondary N) is 2. The standard InChI is InChI=1S/C7H12N2O3/c1-12-7(11)5-4-8-3-2-6(10)9-5/h5,8H,2-4H2,1H3,(H,9,10). The SMILES string of the molecule is COC(=O)C1CNCCC(=O)N1. The molecule has 68 valence electrons. The first kappa shape index (κ1) is 8.99. The fourth-order valence-electron chi connectivity index (χ4n) is 1.05. The van der Waals surface area contributed by atoms with Gasteiger partial charge in [0.05, 0.1) is 7.11 Å². The second-order valence-electron chi connectivity index (χ2n) is 2.60. The van der Waals surface area contributed by atoms with Gasteiger partial charge < -0.3 is 15.4 Å². The molecule has 1 amide bonds.